The summed E-state index contributed by atoms with van der Waals surface area (Å²) in [4.78, 5) is 19.1. The van der Waals surface area contributed by atoms with Gasteiger partial charge in [-0.1, -0.05) is 12.1 Å². The highest BCUT2D eigenvalue weighted by Gasteiger charge is 2.25. The smallest absolute Gasteiger partial charge is 0.242 e. The van der Waals surface area contributed by atoms with Crippen molar-refractivity contribution in [3.8, 4) is 0 Å². The molecular formula is C20H21N7O2. The van der Waals surface area contributed by atoms with Crippen LogP contribution in [0.5, 0.6) is 0 Å². The number of amides is 1. The zero-order chi connectivity index (χ0) is 20.0. The monoisotopic (exact) mass is 391 g/mol. The van der Waals surface area contributed by atoms with Crippen molar-refractivity contribution in [1.82, 2.24) is 34.0 Å². The number of fused-ring (bicyclic) bond motifs is 2. The lowest BCUT2D eigenvalue weighted by Gasteiger charge is -2.27. The van der Waals surface area contributed by atoms with Gasteiger partial charge in [-0.05, 0) is 24.3 Å². The number of benzene rings is 1. The molecule has 1 N–H and O–H groups in total. The number of imidazole rings is 1. The Morgan fingerprint density at radius 1 is 1.24 bits per heavy atom. The molecule has 0 unspecified atom stereocenters. The van der Waals surface area contributed by atoms with E-state index in [2.05, 4.69) is 15.2 Å². The van der Waals surface area contributed by atoms with Crippen molar-refractivity contribution in [3.05, 3.63) is 66.0 Å². The zero-order valence-corrected chi connectivity index (χ0v) is 16.0. The van der Waals surface area contributed by atoms with Gasteiger partial charge in [0, 0.05) is 19.8 Å². The molecule has 3 aromatic heterocycles. The van der Waals surface area contributed by atoms with E-state index in [0.29, 0.717) is 31.0 Å². The minimum absolute atomic E-state index is 0.0364. The third kappa shape index (κ3) is 3.09. The lowest BCUT2D eigenvalue weighted by atomic mass is 10.1. The Morgan fingerprint density at radius 3 is 2.93 bits per heavy atom. The molecule has 148 valence electrons. The Morgan fingerprint density at radius 2 is 2.10 bits per heavy atom. The average molecular weight is 391 g/mol. The third-order valence-corrected chi connectivity index (χ3v) is 5.42. The van der Waals surface area contributed by atoms with Gasteiger partial charge in [0.05, 0.1) is 47.5 Å². The minimum Gasteiger partial charge on any atom is -0.380 e. The molecule has 4 aromatic rings. The number of aryl methyl sites for hydroxylation is 1. The molecule has 0 saturated carbocycles. The predicted octanol–water partition coefficient (Wildman–Crippen LogP) is 1.09. The van der Waals surface area contributed by atoms with E-state index in [1.54, 1.807) is 30.3 Å². The highest BCUT2D eigenvalue weighted by Crippen LogP contribution is 2.23. The predicted molar refractivity (Wildman–Crippen MR) is 105 cm³/mol. The molecule has 9 nitrogen and oxygen atoms in total. The minimum atomic E-state index is -0.845. The van der Waals surface area contributed by atoms with Crippen LogP contribution in [0.25, 0.3) is 11.0 Å². The van der Waals surface area contributed by atoms with Crippen LogP contribution in [-0.4, -0.2) is 51.6 Å². The van der Waals surface area contributed by atoms with Crippen molar-refractivity contribution in [2.24, 2.45) is 7.05 Å². The van der Waals surface area contributed by atoms with Crippen LogP contribution in [-0.2, 0) is 31.5 Å². The first-order valence-corrected chi connectivity index (χ1v) is 9.50. The maximum absolute atomic E-state index is 12.9. The van der Waals surface area contributed by atoms with E-state index in [1.807, 2.05) is 44.5 Å². The van der Waals surface area contributed by atoms with Crippen LogP contribution < -0.4 is 0 Å². The number of hydrogen-bond donors (Lipinski definition) is 1. The SMILES string of the molecule is Cn1nccc1[C@@H](O)c1cc2n(n1)CCN(C(=O)Cn1cnc3ccccc31)C2. The van der Waals surface area contributed by atoms with Crippen LogP contribution in [0.15, 0.2) is 48.9 Å². The first-order valence-electron chi connectivity index (χ1n) is 9.50. The molecule has 0 fully saturated rings. The van der Waals surface area contributed by atoms with Gasteiger partial charge in [-0.2, -0.15) is 10.2 Å². The fraction of sp³-hybridized carbons (Fsp3) is 0.300. The highest BCUT2D eigenvalue weighted by atomic mass is 16.3. The van der Waals surface area contributed by atoms with Gasteiger partial charge in [0.25, 0.3) is 0 Å². The van der Waals surface area contributed by atoms with Gasteiger partial charge in [0.1, 0.15) is 12.6 Å². The van der Waals surface area contributed by atoms with E-state index >= 15 is 0 Å². The van der Waals surface area contributed by atoms with Gasteiger partial charge in [0.15, 0.2) is 0 Å². The Bertz CT molecular complexity index is 1190. The summed E-state index contributed by atoms with van der Waals surface area (Å²) in [6, 6.07) is 11.4. The molecule has 0 spiro atoms. The second-order valence-corrected chi connectivity index (χ2v) is 7.24. The van der Waals surface area contributed by atoms with Gasteiger partial charge in [-0.15, -0.1) is 0 Å². The van der Waals surface area contributed by atoms with E-state index in [9.17, 15) is 9.90 Å². The van der Waals surface area contributed by atoms with Crippen molar-refractivity contribution in [1.29, 1.82) is 0 Å². The van der Waals surface area contributed by atoms with E-state index < -0.39 is 6.10 Å². The molecule has 29 heavy (non-hydrogen) atoms. The van der Waals surface area contributed by atoms with Crippen LogP contribution in [0.4, 0.5) is 0 Å². The number of para-hydroxylation sites is 2. The van der Waals surface area contributed by atoms with Crippen molar-refractivity contribution in [2.75, 3.05) is 6.54 Å². The Hall–Kier alpha value is -3.46. The highest BCUT2D eigenvalue weighted by molar-refractivity contribution is 5.80. The fourth-order valence-electron chi connectivity index (χ4n) is 3.82. The van der Waals surface area contributed by atoms with Crippen molar-refractivity contribution in [3.63, 3.8) is 0 Å². The van der Waals surface area contributed by atoms with Gasteiger partial charge in [-0.3, -0.25) is 14.2 Å². The second-order valence-electron chi connectivity index (χ2n) is 7.24. The number of aromatic nitrogens is 6. The molecule has 1 aliphatic rings. The molecule has 0 saturated heterocycles. The van der Waals surface area contributed by atoms with Gasteiger partial charge in [0.2, 0.25) is 5.91 Å². The number of rotatable bonds is 4. The number of aliphatic hydroxyl groups excluding tert-OH is 1. The molecule has 4 heterocycles. The molecule has 1 amide bonds. The molecule has 1 aliphatic heterocycles. The lowest BCUT2D eigenvalue weighted by Crippen LogP contribution is -2.40. The Balaban J connectivity index is 1.32. The van der Waals surface area contributed by atoms with E-state index in [0.717, 1.165) is 16.7 Å². The van der Waals surface area contributed by atoms with Crippen molar-refractivity contribution in [2.45, 2.75) is 25.7 Å². The van der Waals surface area contributed by atoms with Crippen LogP contribution in [0.3, 0.4) is 0 Å². The molecule has 5 rings (SSSR count). The average Bonchev–Trinajstić information content (AvgIpc) is 3.45. The normalized spacial score (nSPS) is 14.9. The van der Waals surface area contributed by atoms with E-state index in [4.69, 9.17) is 0 Å². The summed E-state index contributed by atoms with van der Waals surface area (Å²) in [5, 5.41) is 19.3. The van der Waals surface area contributed by atoms with Gasteiger partial charge in [-0.25, -0.2) is 4.98 Å². The molecule has 0 aliphatic carbocycles. The molecule has 9 heteroatoms. The van der Waals surface area contributed by atoms with Crippen LogP contribution in [0, 0.1) is 0 Å². The number of hydrogen-bond acceptors (Lipinski definition) is 5. The third-order valence-electron chi connectivity index (χ3n) is 5.42. The maximum atomic E-state index is 12.9. The van der Waals surface area contributed by atoms with Crippen LogP contribution in [0.2, 0.25) is 0 Å². The summed E-state index contributed by atoms with van der Waals surface area (Å²) in [5.41, 5.74) is 3.99. The lowest BCUT2D eigenvalue weighted by molar-refractivity contribution is -0.133. The summed E-state index contributed by atoms with van der Waals surface area (Å²) < 4.78 is 5.38. The van der Waals surface area contributed by atoms with Crippen LogP contribution in [0.1, 0.15) is 23.2 Å². The number of nitrogens with zero attached hydrogens (tertiary/aromatic N) is 7. The van der Waals surface area contributed by atoms with Crippen molar-refractivity contribution < 1.29 is 9.90 Å². The summed E-state index contributed by atoms with van der Waals surface area (Å²) in [6.45, 7) is 1.90. The van der Waals surface area contributed by atoms with Gasteiger partial charge < -0.3 is 14.6 Å². The summed E-state index contributed by atoms with van der Waals surface area (Å²) >= 11 is 0. The summed E-state index contributed by atoms with van der Waals surface area (Å²) in [5.74, 6) is 0.0364. The summed E-state index contributed by atoms with van der Waals surface area (Å²) in [6.07, 6.45) is 2.51. The zero-order valence-electron chi connectivity index (χ0n) is 16.0. The summed E-state index contributed by atoms with van der Waals surface area (Å²) in [7, 11) is 1.79. The standard InChI is InChI=1S/C20H21N7O2/c1-24-18(6-7-22-24)20(29)16-10-14-11-25(8-9-27(14)23-16)19(28)12-26-13-21-15-4-2-3-5-17(15)26/h2-7,10,13,20,29H,8-9,11-12H2,1H3/t20-/m0/s1. The van der Waals surface area contributed by atoms with Gasteiger partial charge >= 0.3 is 0 Å². The Labute approximate surface area is 166 Å². The first-order chi connectivity index (χ1) is 14.1. The quantitative estimate of drug-likeness (QED) is 0.562. The van der Waals surface area contributed by atoms with Crippen molar-refractivity contribution >= 4 is 16.9 Å². The maximum Gasteiger partial charge on any atom is 0.242 e. The topological polar surface area (TPSA) is 94.0 Å². The number of carbonyl (C=O) groups excluding carboxylic acids is 1. The molecular weight excluding hydrogens is 370 g/mol. The first kappa shape index (κ1) is 17.6. The second kappa shape index (κ2) is 6.85. The van der Waals surface area contributed by atoms with E-state index in [-0.39, 0.29) is 12.5 Å². The molecule has 1 atom stereocenters. The largest absolute Gasteiger partial charge is 0.380 e. The molecule has 0 bridgehead atoms. The Kier molecular flexibility index (Phi) is 4.17. The molecule has 0 radical (unpaired) electrons. The van der Waals surface area contributed by atoms with E-state index in [1.165, 1.54) is 0 Å². The number of aliphatic hydroxyl groups is 1. The number of carbonyl (C=O) groups is 1. The fourth-order valence-corrected chi connectivity index (χ4v) is 3.82. The van der Waals surface area contributed by atoms with Crippen LogP contribution >= 0.6 is 0 Å². The molecule has 1 aromatic carbocycles.